The van der Waals surface area contributed by atoms with Crippen molar-refractivity contribution < 1.29 is 13.9 Å². The van der Waals surface area contributed by atoms with Crippen molar-refractivity contribution in [3.05, 3.63) is 114 Å². The molecular formula is C25H20N2O3. The zero-order valence-electron chi connectivity index (χ0n) is 16.2. The van der Waals surface area contributed by atoms with Gasteiger partial charge in [0.05, 0.1) is 12.0 Å². The Bertz CT molecular complexity index is 1140. The number of hydrogen-bond donors (Lipinski definition) is 1. The lowest BCUT2D eigenvalue weighted by Gasteiger charge is -2.08. The van der Waals surface area contributed by atoms with Crippen molar-refractivity contribution in [2.45, 2.75) is 6.61 Å². The maximum absolute atomic E-state index is 12.7. The molecule has 0 bridgehead atoms. The fourth-order valence-corrected chi connectivity index (χ4v) is 2.89. The fourth-order valence-electron chi connectivity index (χ4n) is 2.89. The van der Waals surface area contributed by atoms with Gasteiger partial charge in [-0.1, -0.05) is 42.5 Å². The summed E-state index contributed by atoms with van der Waals surface area (Å²) >= 11 is 0. The highest BCUT2D eigenvalue weighted by Gasteiger charge is 2.16. The largest absolute Gasteiger partial charge is 0.489 e. The molecule has 4 aromatic rings. The molecular weight excluding hydrogens is 376 g/mol. The van der Waals surface area contributed by atoms with Gasteiger partial charge in [-0.15, -0.1) is 0 Å². The zero-order chi connectivity index (χ0) is 20.6. The highest BCUT2D eigenvalue weighted by Crippen LogP contribution is 2.19. The van der Waals surface area contributed by atoms with Crippen molar-refractivity contribution in [1.29, 1.82) is 0 Å². The molecule has 0 radical (unpaired) electrons. The first-order valence-electron chi connectivity index (χ1n) is 9.53. The van der Waals surface area contributed by atoms with Gasteiger partial charge < -0.3 is 14.5 Å². The van der Waals surface area contributed by atoms with Crippen LogP contribution in [0.1, 0.15) is 27.4 Å². The fraction of sp³-hybridized carbons (Fsp3) is 0.0400. The van der Waals surface area contributed by atoms with Gasteiger partial charge in [0.1, 0.15) is 12.4 Å². The molecule has 30 heavy (non-hydrogen) atoms. The molecule has 0 saturated heterocycles. The number of amides is 1. The van der Waals surface area contributed by atoms with Crippen molar-refractivity contribution in [3.63, 3.8) is 0 Å². The van der Waals surface area contributed by atoms with Crippen molar-refractivity contribution in [3.8, 4) is 5.75 Å². The molecule has 148 valence electrons. The predicted octanol–water partition coefficient (Wildman–Crippen LogP) is 5.68. The van der Waals surface area contributed by atoms with Gasteiger partial charge in [-0.2, -0.15) is 0 Å². The second-order valence-corrected chi connectivity index (χ2v) is 6.54. The number of nitrogens with zero attached hydrogens (tertiary/aromatic N) is 1. The van der Waals surface area contributed by atoms with E-state index in [1.54, 1.807) is 12.3 Å². The van der Waals surface area contributed by atoms with Crippen LogP contribution in [0.3, 0.4) is 0 Å². The first kappa shape index (κ1) is 19.2. The van der Waals surface area contributed by atoms with E-state index in [0.717, 1.165) is 17.0 Å². The molecule has 1 N–H and O–H groups in total. The van der Waals surface area contributed by atoms with Gasteiger partial charge in [-0.05, 0) is 54.1 Å². The van der Waals surface area contributed by atoms with Crippen LogP contribution in [0, 0.1) is 0 Å². The van der Waals surface area contributed by atoms with Gasteiger partial charge in [0.15, 0.2) is 5.76 Å². The molecule has 5 heteroatoms. The molecule has 2 aromatic heterocycles. The van der Waals surface area contributed by atoms with E-state index >= 15 is 0 Å². The third-order valence-corrected chi connectivity index (χ3v) is 4.37. The SMILES string of the molecule is O=C(Nc1cccc(/C=C/c2ccccn2)c1)c1occc1COc1ccccc1. The number of nitrogens with one attached hydrogen (secondary N) is 1. The normalized spacial score (nSPS) is 10.8. The van der Waals surface area contributed by atoms with Gasteiger partial charge in [0, 0.05) is 17.4 Å². The first-order chi connectivity index (χ1) is 14.8. The maximum atomic E-state index is 12.7. The van der Waals surface area contributed by atoms with Crippen LogP contribution in [0.25, 0.3) is 12.2 Å². The first-order valence-corrected chi connectivity index (χ1v) is 9.53. The Morgan fingerprint density at radius 1 is 0.967 bits per heavy atom. The number of pyridine rings is 1. The summed E-state index contributed by atoms with van der Waals surface area (Å²) in [6.07, 6.45) is 7.11. The monoisotopic (exact) mass is 396 g/mol. The van der Waals surface area contributed by atoms with Crippen LogP contribution in [0.15, 0.2) is 95.7 Å². The van der Waals surface area contributed by atoms with Crippen LogP contribution in [0.2, 0.25) is 0 Å². The van der Waals surface area contributed by atoms with Crippen LogP contribution in [-0.4, -0.2) is 10.9 Å². The molecule has 2 aromatic carbocycles. The Hall–Kier alpha value is -4.12. The average molecular weight is 396 g/mol. The van der Waals surface area contributed by atoms with E-state index in [4.69, 9.17) is 9.15 Å². The number of carbonyl (C=O) groups is 1. The molecule has 0 unspecified atom stereocenters. The molecule has 0 spiro atoms. The number of rotatable bonds is 7. The van der Waals surface area contributed by atoms with Crippen molar-refractivity contribution in [2.75, 3.05) is 5.32 Å². The van der Waals surface area contributed by atoms with Crippen LogP contribution in [0.5, 0.6) is 5.75 Å². The summed E-state index contributed by atoms with van der Waals surface area (Å²) in [4.78, 5) is 17.0. The summed E-state index contributed by atoms with van der Waals surface area (Å²) in [7, 11) is 0. The van der Waals surface area contributed by atoms with Crippen LogP contribution >= 0.6 is 0 Å². The van der Waals surface area contributed by atoms with Gasteiger partial charge in [-0.25, -0.2) is 0 Å². The van der Waals surface area contributed by atoms with Crippen LogP contribution in [-0.2, 0) is 6.61 Å². The lowest BCUT2D eigenvalue weighted by molar-refractivity contribution is 0.0993. The third-order valence-electron chi connectivity index (χ3n) is 4.37. The molecule has 1 amide bonds. The number of carbonyl (C=O) groups excluding carboxylic acids is 1. The second-order valence-electron chi connectivity index (χ2n) is 6.54. The summed E-state index contributed by atoms with van der Waals surface area (Å²) in [6, 6.07) is 24.5. The second kappa shape index (κ2) is 9.39. The standard InChI is InChI=1S/C25H20N2O3/c28-25(24-20(14-16-29-24)18-30-23-10-2-1-3-11-23)27-22-9-6-7-19(17-22)12-13-21-8-4-5-15-26-21/h1-17H,18H2,(H,27,28)/b13-12+. The van der Waals surface area contributed by atoms with Crippen molar-refractivity contribution in [2.24, 2.45) is 0 Å². The lowest BCUT2D eigenvalue weighted by atomic mass is 10.1. The van der Waals surface area contributed by atoms with E-state index in [0.29, 0.717) is 11.3 Å². The van der Waals surface area contributed by atoms with Crippen molar-refractivity contribution >= 4 is 23.7 Å². The maximum Gasteiger partial charge on any atom is 0.291 e. The van der Waals surface area contributed by atoms with Gasteiger partial charge in [-0.3, -0.25) is 9.78 Å². The van der Waals surface area contributed by atoms with E-state index in [2.05, 4.69) is 10.3 Å². The number of para-hydroxylation sites is 1. The van der Waals surface area contributed by atoms with Gasteiger partial charge in [0.25, 0.3) is 5.91 Å². The van der Waals surface area contributed by atoms with E-state index in [1.807, 2.05) is 84.9 Å². The topological polar surface area (TPSA) is 64.4 Å². The molecule has 4 rings (SSSR count). The van der Waals surface area contributed by atoms with Gasteiger partial charge >= 0.3 is 0 Å². The summed E-state index contributed by atoms with van der Waals surface area (Å²) in [5.74, 6) is 0.648. The Balaban J connectivity index is 1.42. The Morgan fingerprint density at radius 3 is 2.67 bits per heavy atom. The zero-order valence-corrected chi connectivity index (χ0v) is 16.2. The van der Waals surface area contributed by atoms with Crippen LogP contribution in [0.4, 0.5) is 5.69 Å². The van der Waals surface area contributed by atoms with Gasteiger partial charge in [0.2, 0.25) is 0 Å². The van der Waals surface area contributed by atoms with E-state index in [-0.39, 0.29) is 18.3 Å². The van der Waals surface area contributed by atoms with Crippen molar-refractivity contribution in [1.82, 2.24) is 4.98 Å². The molecule has 0 aliphatic carbocycles. The number of anilines is 1. The number of ether oxygens (including phenoxy) is 1. The quantitative estimate of drug-likeness (QED) is 0.437. The summed E-state index contributed by atoms with van der Waals surface area (Å²) in [5.41, 5.74) is 3.17. The van der Waals surface area contributed by atoms with Crippen LogP contribution < -0.4 is 10.1 Å². The Kier molecular flexibility index (Phi) is 6.01. The summed E-state index contributed by atoms with van der Waals surface area (Å²) in [5, 5.41) is 2.88. The molecule has 5 nitrogen and oxygen atoms in total. The lowest BCUT2D eigenvalue weighted by Crippen LogP contribution is -2.13. The minimum atomic E-state index is -0.322. The highest BCUT2D eigenvalue weighted by atomic mass is 16.5. The number of benzene rings is 2. The molecule has 0 aliphatic rings. The predicted molar refractivity (Wildman–Crippen MR) is 117 cm³/mol. The molecule has 0 saturated carbocycles. The number of hydrogen-bond acceptors (Lipinski definition) is 4. The van der Waals surface area contributed by atoms with E-state index in [9.17, 15) is 4.79 Å². The highest BCUT2D eigenvalue weighted by molar-refractivity contribution is 6.03. The molecule has 0 aliphatic heterocycles. The summed E-state index contributed by atoms with van der Waals surface area (Å²) in [6.45, 7) is 0.246. The minimum absolute atomic E-state index is 0.236. The molecule has 0 fully saturated rings. The molecule has 0 atom stereocenters. The average Bonchev–Trinajstić information content (AvgIpc) is 3.27. The smallest absolute Gasteiger partial charge is 0.291 e. The van der Waals surface area contributed by atoms with E-state index in [1.165, 1.54) is 6.26 Å². The summed E-state index contributed by atoms with van der Waals surface area (Å²) < 4.78 is 11.1. The Labute approximate surface area is 174 Å². The number of aromatic nitrogens is 1. The Morgan fingerprint density at radius 2 is 1.83 bits per heavy atom. The number of furan rings is 1. The molecule has 2 heterocycles. The third kappa shape index (κ3) is 5.02. The minimum Gasteiger partial charge on any atom is -0.489 e. The van der Waals surface area contributed by atoms with E-state index < -0.39 is 0 Å².